The van der Waals surface area contributed by atoms with Crippen LogP contribution in [0.2, 0.25) is 0 Å². The van der Waals surface area contributed by atoms with E-state index in [1.165, 1.54) is 0 Å². The van der Waals surface area contributed by atoms with Gasteiger partial charge in [-0.1, -0.05) is 11.7 Å². The number of aliphatic carboxylic acids is 1. The van der Waals surface area contributed by atoms with Crippen LogP contribution in [0.4, 0.5) is 4.79 Å². The molecule has 1 amide bonds. The zero-order chi connectivity index (χ0) is 9.56. The van der Waals surface area contributed by atoms with Gasteiger partial charge in [-0.05, 0) is 6.42 Å². The van der Waals surface area contributed by atoms with Gasteiger partial charge in [-0.25, -0.2) is 4.79 Å². The topological polar surface area (TPSA) is 76.0 Å². The number of hydrogen-bond acceptors (Lipinski definition) is 3. The maximum absolute atomic E-state index is 10.4. The van der Waals surface area contributed by atoms with Crippen LogP contribution in [0.15, 0.2) is 4.99 Å². The average Bonchev–Trinajstić information content (AvgIpc) is 2.04. The molecule has 0 aromatic carbocycles. The molecule has 0 heterocycles. The molecule has 0 aromatic heterocycles. The first-order chi connectivity index (χ1) is 5.61. The lowest BCUT2D eigenvalue weighted by Crippen LogP contribution is -2.14. The first-order valence-electron chi connectivity index (χ1n) is 3.38. The number of hydrogen-bond donors (Lipinski definition) is 1. The van der Waals surface area contributed by atoms with Gasteiger partial charge in [0.2, 0.25) is 12.1 Å². The number of ether oxygens (including phenoxy) is 1. The molecule has 0 aliphatic heterocycles. The second-order valence-corrected chi connectivity index (χ2v) is 2.01. The second-order valence-electron chi connectivity index (χ2n) is 2.01. The van der Waals surface area contributed by atoms with Crippen molar-refractivity contribution in [1.29, 1.82) is 0 Å². The maximum atomic E-state index is 10.4. The zero-order valence-electron chi connectivity index (χ0n) is 6.90. The minimum Gasteiger partial charge on any atom is -0.479 e. The summed E-state index contributed by atoms with van der Waals surface area (Å²) in [5, 5.41) is 8.48. The van der Waals surface area contributed by atoms with Crippen LogP contribution in [0.1, 0.15) is 13.3 Å². The molecular formula is C7H10NO4+. The predicted molar refractivity (Wildman–Crippen MR) is 41.3 cm³/mol. The van der Waals surface area contributed by atoms with E-state index in [2.05, 4.69) is 15.9 Å². The average molecular weight is 172 g/mol. The van der Waals surface area contributed by atoms with Crippen LogP contribution in [0, 0.1) is 5.92 Å². The summed E-state index contributed by atoms with van der Waals surface area (Å²) in [6, 6.07) is 0. The molecule has 0 aliphatic carbocycles. The first-order valence-corrected chi connectivity index (χ1v) is 3.38. The molecule has 0 bridgehead atoms. The summed E-state index contributed by atoms with van der Waals surface area (Å²) < 4.78 is 4.16. The van der Waals surface area contributed by atoms with Crippen molar-refractivity contribution in [3.05, 3.63) is 0 Å². The zero-order valence-corrected chi connectivity index (χ0v) is 6.90. The largest absolute Gasteiger partial charge is 0.589 e. The van der Waals surface area contributed by atoms with Gasteiger partial charge < -0.3 is 9.84 Å². The molecule has 12 heavy (non-hydrogen) atoms. The highest BCUT2D eigenvalue weighted by Gasteiger charge is 2.21. The van der Waals surface area contributed by atoms with Crippen LogP contribution in [-0.4, -0.2) is 30.5 Å². The van der Waals surface area contributed by atoms with E-state index in [-0.39, 0.29) is 0 Å². The van der Waals surface area contributed by atoms with E-state index in [4.69, 9.17) is 5.11 Å². The van der Waals surface area contributed by atoms with Crippen LogP contribution in [-0.2, 0) is 9.53 Å². The summed E-state index contributed by atoms with van der Waals surface area (Å²) in [5.41, 5.74) is 0. The van der Waals surface area contributed by atoms with Crippen molar-refractivity contribution in [3.63, 3.8) is 0 Å². The minimum absolute atomic E-state index is 0.343. The van der Waals surface area contributed by atoms with Gasteiger partial charge in [-0.15, -0.1) is 0 Å². The van der Waals surface area contributed by atoms with Crippen molar-refractivity contribution in [1.82, 2.24) is 0 Å². The third-order valence-electron chi connectivity index (χ3n) is 1.19. The molecule has 0 aliphatic rings. The Morgan fingerprint density at radius 1 is 1.67 bits per heavy atom. The summed E-state index contributed by atoms with van der Waals surface area (Å²) in [4.78, 5) is 23.9. The van der Waals surface area contributed by atoms with Crippen molar-refractivity contribution in [3.8, 4) is 0 Å². The molecule has 0 saturated heterocycles. The highest BCUT2D eigenvalue weighted by molar-refractivity contribution is 5.92. The van der Waals surface area contributed by atoms with E-state index >= 15 is 0 Å². The number of rotatable bonds is 3. The number of methoxy groups -OCH3 is 1. The van der Waals surface area contributed by atoms with Crippen LogP contribution < -0.4 is 0 Å². The summed E-state index contributed by atoms with van der Waals surface area (Å²) >= 11 is 0. The Balaban J connectivity index is 4.10. The standard InChI is InChI=1S/C7H9NO4/c1-3-5(6(9)10)4-8-7(11)12-2/h5H,3H2,1-2H3/p+1. The molecule has 0 radical (unpaired) electrons. The molecule has 5 heteroatoms. The lowest BCUT2D eigenvalue weighted by molar-refractivity contribution is -0.139. The van der Waals surface area contributed by atoms with Crippen LogP contribution >= 0.6 is 0 Å². The molecule has 66 valence electrons. The third kappa shape index (κ3) is 3.63. The van der Waals surface area contributed by atoms with E-state index in [0.717, 1.165) is 7.11 Å². The van der Waals surface area contributed by atoms with Gasteiger partial charge in [-0.2, -0.15) is 0 Å². The van der Waals surface area contributed by atoms with E-state index in [0.29, 0.717) is 6.42 Å². The van der Waals surface area contributed by atoms with Crippen LogP contribution in [0.5, 0.6) is 0 Å². The van der Waals surface area contributed by atoms with Gasteiger partial charge in [0.1, 0.15) is 7.11 Å². The monoisotopic (exact) mass is 172 g/mol. The van der Waals surface area contributed by atoms with E-state index < -0.39 is 18.0 Å². The molecule has 1 unspecified atom stereocenters. The Bertz CT molecular complexity index is 200. The van der Waals surface area contributed by atoms with E-state index in [1.807, 2.05) is 0 Å². The fourth-order valence-electron chi connectivity index (χ4n) is 0.497. The maximum Gasteiger partial charge on any atom is 0.589 e. The molecule has 0 fully saturated rings. The lowest BCUT2D eigenvalue weighted by Gasteiger charge is -1.91. The molecule has 1 N–H and O–H groups in total. The quantitative estimate of drug-likeness (QED) is 0.504. The highest BCUT2D eigenvalue weighted by atomic mass is 16.5. The smallest absolute Gasteiger partial charge is 0.479 e. The third-order valence-corrected chi connectivity index (χ3v) is 1.19. The number of carbonyl (C=O) groups is 2. The number of carbonyl (C=O) groups excluding carboxylic acids is 1. The molecule has 1 atom stereocenters. The molecule has 0 saturated carbocycles. The predicted octanol–water partition coefficient (Wildman–Crippen LogP) is 0.811. The Hall–Kier alpha value is -1.48. The van der Waals surface area contributed by atoms with E-state index in [1.54, 1.807) is 6.92 Å². The van der Waals surface area contributed by atoms with Gasteiger partial charge in [0.15, 0.2) is 0 Å². The Morgan fingerprint density at radius 2 is 2.25 bits per heavy atom. The van der Waals surface area contributed by atoms with Gasteiger partial charge >= 0.3 is 12.1 Å². The fraction of sp³-hybridized carbons (Fsp3) is 0.571. The molecule has 0 spiro atoms. The van der Waals surface area contributed by atoms with Crippen molar-refractivity contribution >= 4 is 18.3 Å². The molecular weight excluding hydrogens is 162 g/mol. The SMILES string of the molecule is CCC([C+]=NC(=O)OC)C(=O)O. The number of carboxylic acids is 1. The summed E-state index contributed by atoms with van der Waals surface area (Å²) in [7, 11) is 1.16. The summed E-state index contributed by atoms with van der Waals surface area (Å²) in [6.45, 7) is 1.67. The molecule has 0 aromatic rings. The summed E-state index contributed by atoms with van der Waals surface area (Å²) in [6.07, 6.45) is 1.68. The Labute approximate surface area is 70.1 Å². The highest BCUT2D eigenvalue weighted by Crippen LogP contribution is 1.98. The van der Waals surface area contributed by atoms with Crippen LogP contribution in [0.3, 0.4) is 0 Å². The normalized spacial score (nSPS) is 12.2. The Morgan fingerprint density at radius 3 is 2.58 bits per heavy atom. The van der Waals surface area contributed by atoms with Gasteiger partial charge in [0, 0.05) is 0 Å². The van der Waals surface area contributed by atoms with Gasteiger partial charge in [0.25, 0.3) is 0 Å². The number of carboxylic acid groups (broad SMARTS) is 1. The lowest BCUT2D eigenvalue weighted by atomic mass is 10.1. The van der Waals surface area contributed by atoms with Crippen molar-refractivity contribution in [2.24, 2.45) is 10.9 Å². The Kier molecular flexibility index (Phi) is 4.57. The fourth-order valence-corrected chi connectivity index (χ4v) is 0.497. The number of nitrogens with zero attached hydrogens (tertiary/aromatic N) is 1. The van der Waals surface area contributed by atoms with Crippen molar-refractivity contribution < 1.29 is 19.4 Å². The van der Waals surface area contributed by atoms with Crippen LogP contribution in [0.25, 0.3) is 0 Å². The number of aliphatic imine (C=N–C) groups is 1. The van der Waals surface area contributed by atoms with E-state index in [9.17, 15) is 9.59 Å². The number of amides is 1. The molecule has 0 rings (SSSR count). The minimum atomic E-state index is -1.05. The van der Waals surface area contributed by atoms with Crippen molar-refractivity contribution in [2.75, 3.05) is 7.11 Å². The van der Waals surface area contributed by atoms with Gasteiger partial charge in [-0.3, -0.25) is 0 Å². The summed E-state index contributed by atoms with van der Waals surface area (Å²) in [5.74, 6) is -1.89. The first kappa shape index (κ1) is 10.5. The van der Waals surface area contributed by atoms with Gasteiger partial charge in [0.05, 0.1) is 4.99 Å². The van der Waals surface area contributed by atoms with Crippen molar-refractivity contribution in [2.45, 2.75) is 13.3 Å². The second kappa shape index (κ2) is 5.21. The molecule has 5 nitrogen and oxygen atoms in total.